The Kier molecular flexibility index (Phi) is 8.84. The van der Waals surface area contributed by atoms with Gasteiger partial charge in [-0.2, -0.15) is 0 Å². The number of carbonyl (C=O) groups is 2. The summed E-state index contributed by atoms with van der Waals surface area (Å²) < 4.78 is 14.3. The first-order valence-corrected chi connectivity index (χ1v) is 10.3. The molecule has 2 aromatic carbocycles. The zero-order valence-corrected chi connectivity index (χ0v) is 17.5. The van der Waals surface area contributed by atoms with E-state index in [2.05, 4.69) is 5.32 Å². The summed E-state index contributed by atoms with van der Waals surface area (Å²) in [7, 11) is 0. The molecule has 2 atom stereocenters. The highest BCUT2D eigenvalue weighted by Gasteiger charge is 2.30. The molecular weight excluding hydrogens is 367 g/mol. The Labute approximate surface area is 173 Å². The Bertz CT molecular complexity index is 794. The van der Waals surface area contributed by atoms with E-state index in [1.807, 2.05) is 51.1 Å². The molecule has 0 saturated carbocycles. The van der Waals surface area contributed by atoms with Gasteiger partial charge in [-0.15, -0.1) is 0 Å². The van der Waals surface area contributed by atoms with Crippen LogP contribution < -0.4 is 5.32 Å². The molecule has 0 fully saturated rings. The molecule has 2 aromatic rings. The quantitative estimate of drug-likeness (QED) is 0.641. The van der Waals surface area contributed by atoms with Crippen molar-refractivity contribution in [2.75, 3.05) is 0 Å². The maximum absolute atomic E-state index is 14.3. The van der Waals surface area contributed by atoms with Crippen LogP contribution in [0.15, 0.2) is 54.6 Å². The molecule has 0 radical (unpaired) electrons. The predicted molar refractivity (Wildman–Crippen MR) is 114 cm³/mol. The molecule has 0 bridgehead atoms. The zero-order chi connectivity index (χ0) is 21.2. The van der Waals surface area contributed by atoms with E-state index in [1.54, 1.807) is 18.2 Å². The second-order valence-electron chi connectivity index (χ2n) is 7.39. The van der Waals surface area contributed by atoms with Gasteiger partial charge in [0.15, 0.2) is 0 Å². The second-order valence-corrected chi connectivity index (χ2v) is 7.39. The average molecular weight is 399 g/mol. The number of benzene rings is 2. The first-order chi connectivity index (χ1) is 14.0. The van der Waals surface area contributed by atoms with Gasteiger partial charge in [0.1, 0.15) is 11.9 Å². The standard InChI is InChI=1S/C24H31FN2O2/c1-4-11-23(28)27(17-20-14-9-10-15-21(20)25)22(24(29)26-18(3)5-2)16-19-12-7-6-8-13-19/h6-10,12-15,18,22H,4-5,11,16-17H2,1-3H3,(H,26,29)/t18-,22-/m1/s1. The van der Waals surface area contributed by atoms with Gasteiger partial charge in [-0.05, 0) is 31.4 Å². The minimum Gasteiger partial charge on any atom is -0.352 e. The number of amides is 2. The van der Waals surface area contributed by atoms with E-state index in [1.165, 1.54) is 11.0 Å². The molecule has 4 nitrogen and oxygen atoms in total. The van der Waals surface area contributed by atoms with Gasteiger partial charge < -0.3 is 10.2 Å². The normalized spacial score (nSPS) is 12.8. The lowest BCUT2D eigenvalue weighted by Gasteiger charge is -2.32. The average Bonchev–Trinajstić information content (AvgIpc) is 2.72. The van der Waals surface area contributed by atoms with E-state index in [0.29, 0.717) is 24.8 Å². The van der Waals surface area contributed by atoms with Crippen LogP contribution in [0.1, 0.15) is 51.2 Å². The summed E-state index contributed by atoms with van der Waals surface area (Å²) in [6.07, 6.45) is 2.15. The number of nitrogens with one attached hydrogen (secondary N) is 1. The van der Waals surface area contributed by atoms with Crippen molar-refractivity contribution in [1.29, 1.82) is 0 Å². The molecule has 2 rings (SSSR count). The van der Waals surface area contributed by atoms with E-state index >= 15 is 0 Å². The molecule has 29 heavy (non-hydrogen) atoms. The van der Waals surface area contributed by atoms with Crippen molar-refractivity contribution < 1.29 is 14.0 Å². The van der Waals surface area contributed by atoms with E-state index < -0.39 is 6.04 Å². The van der Waals surface area contributed by atoms with Gasteiger partial charge in [-0.1, -0.05) is 62.4 Å². The van der Waals surface area contributed by atoms with Crippen LogP contribution in [-0.2, 0) is 22.6 Å². The van der Waals surface area contributed by atoms with Gasteiger partial charge in [-0.3, -0.25) is 9.59 Å². The topological polar surface area (TPSA) is 49.4 Å². The Morgan fingerprint density at radius 2 is 1.69 bits per heavy atom. The summed E-state index contributed by atoms with van der Waals surface area (Å²) in [4.78, 5) is 27.7. The summed E-state index contributed by atoms with van der Waals surface area (Å²) in [6.45, 7) is 5.92. The molecule has 1 N–H and O–H groups in total. The van der Waals surface area contributed by atoms with Crippen molar-refractivity contribution in [3.05, 3.63) is 71.5 Å². The van der Waals surface area contributed by atoms with Gasteiger partial charge in [0.2, 0.25) is 11.8 Å². The van der Waals surface area contributed by atoms with Crippen molar-refractivity contribution in [2.24, 2.45) is 0 Å². The van der Waals surface area contributed by atoms with E-state index in [9.17, 15) is 14.0 Å². The summed E-state index contributed by atoms with van der Waals surface area (Å²) in [5.41, 5.74) is 1.37. The van der Waals surface area contributed by atoms with Crippen molar-refractivity contribution >= 4 is 11.8 Å². The van der Waals surface area contributed by atoms with E-state index in [-0.39, 0.29) is 30.2 Å². The van der Waals surface area contributed by atoms with Crippen LogP contribution in [0.2, 0.25) is 0 Å². The largest absolute Gasteiger partial charge is 0.352 e. The van der Waals surface area contributed by atoms with Gasteiger partial charge in [0.25, 0.3) is 0 Å². The van der Waals surface area contributed by atoms with Crippen LogP contribution >= 0.6 is 0 Å². The molecule has 0 aromatic heterocycles. The molecule has 5 heteroatoms. The first-order valence-electron chi connectivity index (χ1n) is 10.3. The van der Waals surface area contributed by atoms with Crippen LogP contribution in [0.25, 0.3) is 0 Å². The van der Waals surface area contributed by atoms with Gasteiger partial charge in [0, 0.05) is 31.0 Å². The fourth-order valence-corrected chi connectivity index (χ4v) is 3.16. The minimum absolute atomic E-state index is 0.00244. The van der Waals surface area contributed by atoms with Crippen molar-refractivity contribution in [2.45, 2.75) is 65.1 Å². The highest BCUT2D eigenvalue weighted by molar-refractivity contribution is 5.88. The molecule has 0 aliphatic carbocycles. The highest BCUT2D eigenvalue weighted by Crippen LogP contribution is 2.18. The summed E-state index contributed by atoms with van der Waals surface area (Å²) in [5, 5.41) is 3.00. The Morgan fingerprint density at radius 1 is 1.03 bits per heavy atom. The van der Waals surface area contributed by atoms with Crippen LogP contribution in [-0.4, -0.2) is 28.8 Å². The smallest absolute Gasteiger partial charge is 0.243 e. The van der Waals surface area contributed by atoms with Crippen molar-refractivity contribution in [3.8, 4) is 0 Å². The third-order valence-electron chi connectivity index (χ3n) is 5.03. The lowest BCUT2D eigenvalue weighted by molar-refractivity contribution is -0.141. The molecule has 0 unspecified atom stereocenters. The SMILES string of the molecule is CCCC(=O)N(Cc1ccccc1F)[C@H](Cc1ccccc1)C(=O)N[C@H](C)CC. The summed E-state index contributed by atoms with van der Waals surface area (Å²) in [6, 6.07) is 15.3. The van der Waals surface area contributed by atoms with E-state index in [4.69, 9.17) is 0 Å². The Hall–Kier alpha value is -2.69. The summed E-state index contributed by atoms with van der Waals surface area (Å²) in [5.74, 6) is -0.720. The van der Waals surface area contributed by atoms with Gasteiger partial charge in [-0.25, -0.2) is 4.39 Å². The third kappa shape index (κ3) is 6.70. The minimum atomic E-state index is -0.704. The number of hydrogen-bond acceptors (Lipinski definition) is 2. The van der Waals surface area contributed by atoms with Crippen molar-refractivity contribution in [1.82, 2.24) is 10.2 Å². The zero-order valence-electron chi connectivity index (χ0n) is 17.5. The number of carbonyl (C=O) groups excluding carboxylic acids is 2. The number of halogens is 1. The molecule has 156 valence electrons. The fourth-order valence-electron chi connectivity index (χ4n) is 3.16. The monoisotopic (exact) mass is 398 g/mol. The Morgan fingerprint density at radius 3 is 2.31 bits per heavy atom. The molecular formula is C24H31FN2O2. The maximum atomic E-state index is 14.3. The van der Waals surface area contributed by atoms with Gasteiger partial charge in [0.05, 0.1) is 0 Å². The van der Waals surface area contributed by atoms with Crippen LogP contribution in [0.4, 0.5) is 4.39 Å². The number of rotatable bonds is 10. The molecule has 0 spiro atoms. The van der Waals surface area contributed by atoms with E-state index in [0.717, 1.165) is 12.0 Å². The van der Waals surface area contributed by atoms with Crippen molar-refractivity contribution in [3.63, 3.8) is 0 Å². The van der Waals surface area contributed by atoms with Crippen LogP contribution in [0, 0.1) is 5.82 Å². The van der Waals surface area contributed by atoms with Gasteiger partial charge >= 0.3 is 0 Å². The first kappa shape index (κ1) is 22.6. The maximum Gasteiger partial charge on any atom is 0.243 e. The molecule has 0 saturated heterocycles. The van der Waals surface area contributed by atoms with Crippen LogP contribution in [0.3, 0.4) is 0 Å². The lowest BCUT2D eigenvalue weighted by atomic mass is 10.0. The lowest BCUT2D eigenvalue weighted by Crippen LogP contribution is -2.52. The number of hydrogen-bond donors (Lipinski definition) is 1. The number of nitrogens with zero attached hydrogens (tertiary/aromatic N) is 1. The molecule has 2 amide bonds. The third-order valence-corrected chi connectivity index (χ3v) is 5.03. The molecule has 0 heterocycles. The second kappa shape index (κ2) is 11.3. The fraction of sp³-hybridized carbons (Fsp3) is 0.417. The predicted octanol–water partition coefficient (Wildman–Crippen LogP) is 4.48. The summed E-state index contributed by atoms with van der Waals surface area (Å²) >= 11 is 0. The highest BCUT2D eigenvalue weighted by atomic mass is 19.1. The van der Waals surface area contributed by atoms with Crippen LogP contribution in [0.5, 0.6) is 0 Å². The Balaban J connectivity index is 2.39. The molecule has 0 aliphatic heterocycles. The molecule has 0 aliphatic rings.